The zero-order valence-electron chi connectivity index (χ0n) is 10.7. The van der Waals surface area contributed by atoms with Crippen LogP contribution in [0.15, 0.2) is 54.6 Å². The van der Waals surface area contributed by atoms with E-state index in [2.05, 4.69) is 22.3 Å². The second-order valence-electron chi connectivity index (χ2n) is 4.80. The molecule has 1 aliphatic rings. The number of hydrogen-bond donors (Lipinski definition) is 1. The molecule has 98 valence electrons. The SMILES string of the molecule is Fc1cccc(N2CCNCC2c2ccccc2)c1. The Bertz CT molecular complexity index is 541. The Morgan fingerprint density at radius 2 is 1.89 bits per heavy atom. The third kappa shape index (κ3) is 2.61. The highest BCUT2D eigenvalue weighted by Gasteiger charge is 2.23. The first-order valence-electron chi connectivity index (χ1n) is 6.62. The smallest absolute Gasteiger partial charge is 0.125 e. The van der Waals surface area contributed by atoms with Crippen LogP contribution in [-0.2, 0) is 0 Å². The van der Waals surface area contributed by atoms with Crippen molar-refractivity contribution in [1.82, 2.24) is 5.32 Å². The fourth-order valence-electron chi connectivity index (χ4n) is 2.64. The van der Waals surface area contributed by atoms with Crippen molar-refractivity contribution in [2.45, 2.75) is 6.04 Å². The van der Waals surface area contributed by atoms with E-state index in [1.54, 1.807) is 12.1 Å². The molecular weight excluding hydrogens is 239 g/mol. The molecule has 0 bridgehead atoms. The second kappa shape index (κ2) is 5.41. The van der Waals surface area contributed by atoms with Gasteiger partial charge in [0.05, 0.1) is 6.04 Å². The van der Waals surface area contributed by atoms with Gasteiger partial charge in [0.25, 0.3) is 0 Å². The lowest BCUT2D eigenvalue weighted by Gasteiger charge is -2.38. The zero-order chi connectivity index (χ0) is 13.1. The number of rotatable bonds is 2. The van der Waals surface area contributed by atoms with Crippen LogP contribution in [0.2, 0.25) is 0 Å². The standard InChI is InChI=1S/C16H17FN2/c17-14-7-4-8-15(11-14)19-10-9-18-12-16(19)13-5-2-1-3-6-13/h1-8,11,16,18H,9-10,12H2. The van der Waals surface area contributed by atoms with Gasteiger partial charge in [-0.3, -0.25) is 0 Å². The van der Waals surface area contributed by atoms with Crippen LogP contribution in [0.4, 0.5) is 10.1 Å². The number of halogens is 1. The van der Waals surface area contributed by atoms with Crippen molar-refractivity contribution >= 4 is 5.69 Å². The van der Waals surface area contributed by atoms with Crippen molar-refractivity contribution < 1.29 is 4.39 Å². The fraction of sp³-hybridized carbons (Fsp3) is 0.250. The molecule has 2 aromatic carbocycles. The number of hydrogen-bond acceptors (Lipinski definition) is 2. The van der Waals surface area contributed by atoms with Crippen molar-refractivity contribution in [3.8, 4) is 0 Å². The zero-order valence-corrected chi connectivity index (χ0v) is 10.7. The topological polar surface area (TPSA) is 15.3 Å². The maximum absolute atomic E-state index is 13.4. The lowest BCUT2D eigenvalue weighted by Crippen LogP contribution is -2.46. The molecule has 2 aromatic rings. The summed E-state index contributed by atoms with van der Waals surface area (Å²) in [6.07, 6.45) is 0. The molecule has 1 heterocycles. The Kier molecular flexibility index (Phi) is 3.47. The van der Waals surface area contributed by atoms with Crippen LogP contribution in [0.25, 0.3) is 0 Å². The Morgan fingerprint density at radius 3 is 2.68 bits per heavy atom. The minimum absolute atomic E-state index is 0.178. The molecule has 3 heteroatoms. The Labute approximate surface area is 112 Å². The van der Waals surface area contributed by atoms with Crippen LogP contribution in [0.1, 0.15) is 11.6 Å². The maximum atomic E-state index is 13.4. The van der Waals surface area contributed by atoms with Gasteiger partial charge in [-0.2, -0.15) is 0 Å². The third-order valence-electron chi connectivity index (χ3n) is 3.57. The first-order chi connectivity index (χ1) is 9.34. The first kappa shape index (κ1) is 12.2. The molecule has 1 N–H and O–H groups in total. The van der Waals surface area contributed by atoms with Gasteiger partial charge in [0.2, 0.25) is 0 Å². The summed E-state index contributed by atoms with van der Waals surface area (Å²) in [5, 5.41) is 3.41. The van der Waals surface area contributed by atoms with E-state index in [-0.39, 0.29) is 11.9 Å². The number of nitrogens with one attached hydrogen (secondary N) is 1. The normalized spacial score (nSPS) is 19.4. The quantitative estimate of drug-likeness (QED) is 0.888. The summed E-state index contributed by atoms with van der Waals surface area (Å²) >= 11 is 0. The van der Waals surface area contributed by atoms with E-state index < -0.39 is 0 Å². The molecular formula is C16H17FN2. The van der Waals surface area contributed by atoms with Crippen molar-refractivity contribution in [1.29, 1.82) is 0 Å². The van der Waals surface area contributed by atoms with Crippen molar-refractivity contribution in [3.05, 3.63) is 66.0 Å². The summed E-state index contributed by atoms with van der Waals surface area (Å²) in [5.74, 6) is -0.178. The molecule has 3 rings (SSSR count). The van der Waals surface area contributed by atoms with Crippen LogP contribution in [0.5, 0.6) is 0 Å². The summed E-state index contributed by atoms with van der Waals surface area (Å²) in [6.45, 7) is 2.71. The molecule has 1 saturated heterocycles. The number of anilines is 1. The number of benzene rings is 2. The van der Waals surface area contributed by atoms with Crippen LogP contribution < -0.4 is 10.2 Å². The van der Waals surface area contributed by atoms with Crippen molar-refractivity contribution in [2.24, 2.45) is 0 Å². The van der Waals surface area contributed by atoms with Gasteiger partial charge in [0.1, 0.15) is 5.82 Å². The molecule has 0 radical (unpaired) electrons. The average Bonchev–Trinajstić information content (AvgIpc) is 2.48. The molecule has 2 nitrogen and oxygen atoms in total. The van der Waals surface area contributed by atoms with Crippen LogP contribution in [0, 0.1) is 5.82 Å². The fourth-order valence-corrected chi connectivity index (χ4v) is 2.64. The van der Waals surface area contributed by atoms with E-state index in [0.717, 1.165) is 25.3 Å². The van der Waals surface area contributed by atoms with E-state index in [0.29, 0.717) is 0 Å². The highest BCUT2D eigenvalue weighted by atomic mass is 19.1. The van der Waals surface area contributed by atoms with Crippen LogP contribution >= 0.6 is 0 Å². The van der Waals surface area contributed by atoms with Gasteiger partial charge in [-0.05, 0) is 23.8 Å². The summed E-state index contributed by atoms with van der Waals surface area (Å²) in [4.78, 5) is 2.27. The molecule has 1 atom stereocenters. The third-order valence-corrected chi connectivity index (χ3v) is 3.57. The molecule has 1 aliphatic heterocycles. The van der Waals surface area contributed by atoms with Crippen molar-refractivity contribution in [3.63, 3.8) is 0 Å². The summed E-state index contributed by atoms with van der Waals surface area (Å²) in [6, 6.07) is 17.5. The van der Waals surface area contributed by atoms with E-state index in [1.165, 1.54) is 11.6 Å². The maximum Gasteiger partial charge on any atom is 0.125 e. The summed E-state index contributed by atoms with van der Waals surface area (Å²) in [5.41, 5.74) is 2.22. The van der Waals surface area contributed by atoms with Crippen LogP contribution in [0.3, 0.4) is 0 Å². The lowest BCUT2D eigenvalue weighted by molar-refractivity contribution is 0.489. The number of piperazine rings is 1. The van der Waals surface area contributed by atoms with E-state index in [1.807, 2.05) is 24.3 Å². The van der Waals surface area contributed by atoms with Gasteiger partial charge in [-0.25, -0.2) is 4.39 Å². The molecule has 0 amide bonds. The molecule has 1 fully saturated rings. The second-order valence-corrected chi connectivity index (χ2v) is 4.80. The van der Waals surface area contributed by atoms with Crippen molar-refractivity contribution in [2.75, 3.05) is 24.5 Å². The minimum Gasteiger partial charge on any atom is -0.362 e. The van der Waals surface area contributed by atoms with E-state index in [9.17, 15) is 4.39 Å². The molecule has 0 spiro atoms. The largest absolute Gasteiger partial charge is 0.362 e. The first-order valence-corrected chi connectivity index (χ1v) is 6.62. The number of nitrogens with zero attached hydrogens (tertiary/aromatic N) is 1. The Balaban J connectivity index is 1.93. The molecule has 0 aromatic heterocycles. The Hall–Kier alpha value is -1.87. The minimum atomic E-state index is -0.178. The van der Waals surface area contributed by atoms with Gasteiger partial charge in [0, 0.05) is 25.3 Å². The highest BCUT2D eigenvalue weighted by molar-refractivity contribution is 5.50. The predicted octanol–water partition coefficient (Wildman–Crippen LogP) is 2.98. The van der Waals surface area contributed by atoms with Gasteiger partial charge in [-0.15, -0.1) is 0 Å². The Morgan fingerprint density at radius 1 is 1.05 bits per heavy atom. The van der Waals surface area contributed by atoms with Gasteiger partial charge in [-0.1, -0.05) is 36.4 Å². The van der Waals surface area contributed by atoms with Gasteiger partial charge in [0.15, 0.2) is 0 Å². The highest BCUT2D eigenvalue weighted by Crippen LogP contribution is 2.28. The summed E-state index contributed by atoms with van der Waals surface area (Å²) in [7, 11) is 0. The van der Waals surface area contributed by atoms with E-state index in [4.69, 9.17) is 0 Å². The molecule has 19 heavy (non-hydrogen) atoms. The molecule has 0 saturated carbocycles. The van der Waals surface area contributed by atoms with Crippen LogP contribution in [-0.4, -0.2) is 19.6 Å². The lowest BCUT2D eigenvalue weighted by atomic mass is 10.0. The molecule has 0 aliphatic carbocycles. The monoisotopic (exact) mass is 256 g/mol. The average molecular weight is 256 g/mol. The predicted molar refractivity (Wildman–Crippen MR) is 75.8 cm³/mol. The summed E-state index contributed by atoms with van der Waals surface area (Å²) < 4.78 is 13.4. The molecule has 1 unspecified atom stereocenters. The van der Waals surface area contributed by atoms with Gasteiger partial charge < -0.3 is 10.2 Å². The van der Waals surface area contributed by atoms with Gasteiger partial charge >= 0.3 is 0 Å². The van der Waals surface area contributed by atoms with E-state index >= 15 is 0 Å².